The van der Waals surface area contributed by atoms with Crippen LogP contribution in [0.1, 0.15) is 32.6 Å². The number of hydrogen-bond donors (Lipinski definition) is 2. The summed E-state index contributed by atoms with van der Waals surface area (Å²) in [7, 11) is 0. The van der Waals surface area contributed by atoms with Crippen LogP contribution in [0, 0.1) is 20.8 Å². The molecule has 19 heavy (non-hydrogen) atoms. The van der Waals surface area contributed by atoms with Crippen molar-refractivity contribution < 1.29 is 15.0 Å². The van der Waals surface area contributed by atoms with Gasteiger partial charge in [0.05, 0.1) is 0 Å². The molecule has 1 aliphatic rings. The maximum atomic E-state index is 12.4. The molecule has 0 spiro atoms. The van der Waals surface area contributed by atoms with E-state index in [1.54, 1.807) is 39.0 Å². The second-order valence-corrected chi connectivity index (χ2v) is 5.07. The molecule has 0 amide bonds. The van der Waals surface area contributed by atoms with Gasteiger partial charge < -0.3 is 10.2 Å². The first kappa shape index (κ1) is 11.8. The predicted molar refractivity (Wildman–Crippen MR) is 72.9 cm³/mol. The molecule has 3 nitrogen and oxygen atoms in total. The zero-order valence-corrected chi connectivity index (χ0v) is 11.0. The van der Waals surface area contributed by atoms with E-state index in [1.165, 1.54) is 0 Å². The van der Waals surface area contributed by atoms with E-state index >= 15 is 0 Å². The summed E-state index contributed by atoms with van der Waals surface area (Å²) >= 11 is 0. The van der Waals surface area contributed by atoms with Gasteiger partial charge in [0.25, 0.3) is 0 Å². The van der Waals surface area contributed by atoms with E-state index in [0.717, 1.165) is 5.56 Å². The van der Waals surface area contributed by atoms with Crippen LogP contribution in [-0.4, -0.2) is 16.0 Å². The summed E-state index contributed by atoms with van der Waals surface area (Å²) in [6, 6.07) is 5.24. The monoisotopic (exact) mass is 254 g/mol. The third kappa shape index (κ3) is 1.35. The standard InChI is InChI=1S/C16H14O3/c1-7-4-5-10-13(15(7)18)11-6-8(2)14(17)9(3)12(11)16(10)19/h4-6,17-18H,1-3H3. The molecule has 0 saturated carbocycles. The molecule has 0 saturated heterocycles. The van der Waals surface area contributed by atoms with Crippen molar-refractivity contribution in [3.8, 4) is 22.6 Å². The first-order valence-electron chi connectivity index (χ1n) is 6.14. The summed E-state index contributed by atoms with van der Waals surface area (Å²) in [5.74, 6) is 0.165. The Morgan fingerprint density at radius 1 is 0.842 bits per heavy atom. The average molecular weight is 254 g/mol. The van der Waals surface area contributed by atoms with Crippen molar-refractivity contribution in [3.05, 3.63) is 46.0 Å². The number of aryl methyl sites for hydroxylation is 2. The lowest BCUT2D eigenvalue weighted by atomic mass is 9.96. The van der Waals surface area contributed by atoms with Gasteiger partial charge in [0.1, 0.15) is 11.5 Å². The number of phenols is 2. The van der Waals surface area contributed by atoms with Crippen LogP contribution in [0.3, 0.4) is 0 Å². The van der Waals surface area contributed by atoms with Gasteiger partial charge in [-0.05, 0) is 49.6 Å². The summed E-state index contributed by atoms with van der Waals surface area (Å²) in [4.78, 5) is 12.4. The van der Waals surface area contributed by atoms with E-state index in [0.29, 0.717) is 33.4 Å². The van der Waals surface area contributed by atoms with Gasteiger partial charge in [-0.15, -0.1) is 0 Å². The van der Waals surface area contributed by atoms with Crippen molar-refractivity contribution >= 4 is 5.78 Å². The second-order valence-electron chi connectivity index (χ2n) is 5.07. The molecule has 0 aromatic heterocycles. The van der Waals surface area contributed by atoms with E-state index in [-0.39, 0.29) is 17.3 Å². The fourth-order valence-electron chi connectivity index (χ4n) is 2.75. The van der Waals surface area contributed by atoms with Gasteiger partial charge in [-0.2, -0.15) is 0 Å². The van der Waals surface area contributed by atoms with Gasteiger partial charge in [-0.3, -0.25) is 4.79 Å². The van der Waals surface area contributed by atoms with Crippen molar-refractivity contribution in [3.63, 3.8) is 0 Å². The number of rotatable bonds is 0. The van der Waals surface area contributed by atoms with Gasteiger partial charge in [0.2, 0.25) is 0 Å². The average Bonchev–Trinajstić information content (AvgIpc) is 2.65. The first-order chi connectivity index (χ1) is 8.93. The maximum absolute atomic E-state index is 12.4. The van der Waals surface area contributed by atoms with Crippen LogP contribution in [0.5, 0.6) is 11.5 Å². The summed E-state index contributed by atoms with van der Waals surface area (Å²) in [6.45, 7) is 5.32. The van der Waals surface area contributed by atoms with Crippen molar-refractivity contribution in [2.75, 3.05) is 0 Å². The highest BCUT2D eigenvalue weighted by molar-refractivity contribution is 6.23. The van der Waals surface area contributed by atoms with Crippen LogP contribution in [0.2, 0.25) is 0 Å². The molecule has 0 fully saturated rings. The molecule has 3 rings (SSSR count). The number of ketones is 1. The quantitative estimate of drug-likeness (QED) is 0.647. The molecule has 0 aliphatic heterocycles. The Morgan fingerprint density at radius 3 is 2.21 bits per heavy atom. The topological polar surface area (TPSA) is 57.5 Å². The van der Waals surface area contributed by atoms with Crippen molar-refractivity contribution in [1.82, 2.24) is 0 Å². The van der Waals surface area contributed by atoms with E-state index < -0.39 is 0 Å². The van der Waals surface area contributed by atoms with Gasteiger partial charge in [0, 0.05) is 22.3 Å². The highest BCUT2D eigenvalue weighted by Crippen LogP contribution is 2.47. The van der Waals surface area contributed by atoms with E-state index in [4.69, 9.17) is 0 Å². The third-order valence-corrected chi connectivity index (χ3v) is 3.85. The Kier molecular flexibility index (Phi) is 2.23. The summed E-state index contributed by atoms with van der Waals surface area (Å²) in [5, 5.41) is 20.2. The lowest BCUT2D eigenvalue weighted by Crippen LogP contribution is -1.99. The third-order valence-electron chi connectivity index (χ3n) is 3.85. The number of carbonyl (C=O) groups is 1. The number of benzene rings is 2. The molecule has 2 aromatic carbocycles. The Morgan fingerprint density at radius 2 is 1.53 bits per heavy atom. The molecule has 0 bridgehead atoms. The minimum atomic E-state index is -0.131. The van der Waals surface area contributed by atoms with Gasteiger partial charge in [-0.25, -0.2) is 0 Å². The predicted octanol–water partition coefficient (Wildman–Crippen LogP) is 3.23. The SMILES string of the molecule is Cc1cc2c(c(C)c1O)C(=O)c1ccc(C)c(O)c1-2. The van der Waals surface area contributed by atoms with Crippen molar-refractivity contribution in [1.29, 1.82) is 0 Å². The zero-order valence-electron chi connectivity index (χ0n) is 11.0. The first-order valence-corrected chi connectivity index (χ1v) is 6.14. The Labute approximate surface area is 111 Å². The minimum Gasteiger partial charge on any atom is -0.507 e. The van der Waals surface area contributed by atoms with Crippen LogP contribution in [0.4, 0.5) is 0 Å². The second kappa shape index (κ2) is 3.60. The summed E-state index contributed by atoms with van der Waals surface area (Å²) < 4.78 is 0. The number of aromatic hydroxyl groups is 2. The van der Waals surface area contributed by atoms with Crippen LogP contribution < -0.4 is 0 Å². The highest BCUT2D eigenvalue weighted by Gasteiger charge is 2.32. The van der Waals surface area contributed by atoms with E-state index in [1.807, 2.05) is 0 Å². The molecule has 0 radical (unpaired) electrons. The summed E-state index contributed by atoms with van der Waals surface area (Å²) in [6.07, 6.45) is 0. The summed E-state index contributed by atoms with van der Waals surface area (Å²) in [5.41, 5.74) is 4.33. The van der Waals surface area contributed by atoms with E-state index in [9.17, 15) is 15.0 Å². The van der Waals surface area contributed by atoms with E-state index in [2.05, 4.69) is 0 Å². The van der Waals surface area contributed by atoms with Crippen molar-refractivity contribution in [2.45, 2.75) is 20.8 Å². The van der Waals surface area contributed by atoms with Gasteiger partial charge in [-0.1, -0.05) is 6.07 Å². The maximum Gasteiger partial charge on any atom is 0.194 e. The lowest BCUT2D eigenvalue weighted by molar-refractivity contribution is 0.104. The molecule has 1 aliphatic carbocycles. The van der Waals surface area contributed by atoms with Crippen molar-refractivity contribution in [2.24, 2.45) is 0 Å². The molecule has 0 unspecified atom stereocenters. The Bertz CT molecular complexity index is 742. The van der Waals surface area contributed by atoms with Crippen LogP contribution >= 0.6 is 0 Å². The van der Waals surface area contributed by atoms with Crippen LogP contribution in [0.15, 0.2) is 18.2 Å². The molecule has 96 valence electrons. The molecule has 2 aromatic rings. The number of carbonyl (C=O) groups excluding carboxylic acids is 1. The normalized spacial score (nSPS) is 12.5. The minimum absolute atomic E-state index is 0.131. The highest BCUT2D eigenvalue weighted by atomic mass is 16.3. The van der Waals surface area contributed by atoms with Gasteiger partial charge in [0.15, 0.2) is 5.78 Å². The molecule has 2 N–H and O–H groups in total. The van der Waals surface area contributed by atoms with Crippen LogP contribution in [0.25, 0.3) is 11.1 Å². The largest absolute Gasteiger partial charge is 0.507 e. The number of hydrogen-bond acceptors (Lipinski definition) is 3. The number of phenolic OH excluding ortho intramolecular Hbond substituents is 2. The fourth-order valence-corrected chi connectivity index (χ4v) is 2.75. The Balaban J connectivity index is 2.47. The lowest BCUT2D eigenvalue weighted by Gasteiger charge is -2.10. The Hall–Kier alpha value is -2.29. The van der Waals surface area contributed by atoms with Gasteiger partial charge >= 0.3 is 0 Å². The molecule has 0 heterocycles. The smallest absolute Gasteiger partial charge is 0.194 e. The molecule has 3 heteroatoms. The zero-order chi connectivity index (χ0) is 13.9. The molecular formula is C16H14O3. The number of fused-ring (bicyclic) bond motifs is 3. The fraction of sp³-hybridized carbons (Fsp3) is 0.188. The molecule has 0 atom stereocenters. The molecular weight excluding hydrogens is 240 g/mol. The van der Waals surface area contributed by atoms with Crippen LogP contribution in [-0.2, 0) is 0 Å².